The van der Waals surface area contributed by atoms with Crippen molar-refractivity contribution < 1.29 is 5.11 Å². The Morgan fingerprint density at radius 3 is 2.78 bits per heavy atom. The molecule has 0 bridgehead atoms. The maximum absolute atomic E-state index is 9.26. The summed E-state index contributed by atoms with van der Waals surface area (Å²) in [6.07, 6.45) is 6.77. The van der Waals surface area contributed by atoms with Crippen LogP contribution in [0.25, 0.3) is 0 Å². The van der Waals surface area contributed by atoms with Crippen molar-refractivity contribution in [3.05, 3.63) is 17.7 Å². The number of fused-ring (bicyclic) bond motifs is 1. The van der Waals surface area contributed by atoms with Crippen LogP contribution in [0.3, 0.4) is 0 Å². The van der Waals surface area contributed by atoms with Crippen molar-refractivity contribution in [1.82, 2.24) is 14.5 Å². The van der Waals surface area contributed by atoms with E-state index in [1.165, 1.54) is 37.4 Å². The van der Waals surface area contributed by atoms with Crippen molar-refractivity contribution in [3.8, 4) is 0 Å². The number of imidazole rings is 1. The van der Waals surface area contributed by atoms with Crippen LogP contribution in [0.15, 0.2) is 6.20 Å². The van der Waals surface area contributed by atoms with Gasteiger partial charge in [-0.2, -0.15) is 0 Å². The average molecular weight is 249 g/mol. The van der Waals surface area contributed by atoms with Crippen LogP contribution in [0.2, 0.25) is 0 Å². The number of rotatable bonds is 2. The Hall–Kier alpha value is -0.870. The number of hydrogen-bond donors (Lipinski definition) is 1. The first kappa shape index (κ1) is 12.2. The fourth-order valence-electron chi connectivity index (χ4n) is 3.17. The molecule has 0 aromatic carbocycles. The molecule has 0 spiro atoms. The number of aromatic nitrogens is 2. The molecule has 1 atom stereocenters. The van der Waals surface area contributed by atoms with Crippen LogP contribution in [0.4, 0.5) is 0 Å². The summed E-state index contributed by atoms with van der Waals surface area (Å²) in [4.78, 5) is 7.23. The molecule has 1 N–H and O–H groups in total. The summed E-state index contributed by atoms with van der Waals surface area (Å²) in [5.74, 6) is 2.26. The lowest BCUT2D eigenvalue weighted by Gasteiger charge is -2.27. The number of piperidine rings is 1. The second kappa shape index (κ2) is 5.02. The molecule has 0 amide bonds. The minimum absolute atomic E-state index is 0.302. The molecule has 0 aliphatic carbocycles. The van der Waals surface area contributed by atoms with Crippen molar-refractivity contribution in [2.24, 2.45) is 5.92 Å². The van der Waals surface area contributed by atoms with Crippen LogP contribution in [-0.4, -0.2) is 46.3 Å². The van der Waals surface area contributed by atoms with Gasteiger partial charge in [0.2, 0.25) is 0 Å². The lowest BCUT2D eigenvalue weighted by molar-refractivity contribution is 0.199. The van der Waals surface area contributed by atoms with E-state index in [2.05, 4.69) is 22.7 Å². The van der Waals surface area contributed by atoms with E-state index in [9.17, 15) is 5.11 Å². The van der Waals surface area contributed by atoms with Crippen molar-refractivity contribution in [2.45, 2.75) is 38.1 Å². The summed E-state index contributed by atoms with van der Waals surface area (Å²) >= 11 is 0. The Labute approximate surface area is 109 Å². The first-order chi connectivity index (χ1) is 8.76. The molecule has 2 aliphatic rings. The van der Waals surface area contributed by atoms with Crippen LogP contribution >= 0.6 is 0 Å². The van der Waals surface area contributed by atoms with Gasteiger partial charge in [0.15, 0.2) is 0 Å². The number of nitrogens with zero attached hydrogens (tertiary/aromatic N) is 3. The maximum Gasteiger partial charge on any atom is 0.109 e. The molecular formula is C14H23N3O. The molecule has 0 radical (unpaired) electrons. The van der Waals surface area contributed by atoms with Gasteiger partial charge in [0.05, 0.1) is 5.69 Å². The zero-order valence-corrected chi connectivity index (χ0v) is 11.2. The SMILES string of the molecule is CN1CCC(c2cn3c(n2)CC(CO)CC3)CC1. The number of aryl methyl sites for hydroxylation is 1. The Kier molecular flexibility index (Phi) is 3.39. The highest BCUT2D eigenvalue weighted by Gasteiger charge is 2.25. The Bertz CT molecular complexity index is 407. The summed E-state index contributed by atoms with van der Waals surface area (Å²) in [5, 5.41) is 9.26. The maximum atomic E-state index is 9.26. The highest BCUT2D eigenvalue weighted by Crippen LogP contribution is 2.29. The fraction of sp³-hybridized carbons (Fsp3) is 0.786. The zero-order chi connectivity index (χ0) is 12.5. The first-order valence-corrected chi connectivity index (χ1v) is 7.11. The molecule has 1 aromatic rings. The second-order valence-corrected chi connectivity index (χ2v) is 5.89. The van der Waals surface area contributed by atoms with Gasteiger partial charge in [0, 0.05) is 31.7 Å². The van der Waals surface area contributed by atoms with E-state index in [0.717, 1.165) is 19.4 Å². The molecule has 3 rings (SSSR count). The Morgan fingerprint density at radius 1 is 1.28 bits per heavy atom. The Morgan fingerprint density at radius 2 is 2.06 bits per heavy atom. The van der Waals surface area contributed by atoms with Gasteiger partial charge in [0.25, 0.3) is 0 Å². The third kappa shape index (κ3) is 2.31. The van der Waals surface area contributed by atoms with Crippen molar-refractivity contribution in [1.29, 1.82) is 0 Å². The highest BCUT2D eigenvalue weighted by molar-refractivity contribution is 5.12. The number of aliphatic hydroxyl groups is 1. The van der Waals surface area contributed by atoms with E-state index in [1.807, 2.05) is 0 Å². The van der Waals surface area contributed by atoms with E-state index >= 15 is 0 Å². The van der Waals surface area contributed by atoms with E-state index in [4.69, 9.17) is 4.98 Å². The lowest BCUT2D eigenvalue weighted by Crippen LogP contribution is -2.29. The summed E-state index contributed by atoms with van der Waals surface area (Å²) in [6.45, 7) is 3.70. The summed E-state index contributed by atoms with van der Waals surface area (Å²) < 4.78 is 2.31. The third-order valence-electron chi connectivity index (χ3n) is 4.52. The van der Waals surface area contributed by atoms with Crippen LogP contribution in [-0.2, 0) is 13.0 Å². The highest BCUT2D eigenvalue weighted by atomic mass is 16.3. The predicted molar refractivity (Wildman–Crippen MR) is 70.6 cm³/mol. The first-order valence-electron chi connectivity index (χ1n) is 7.11. The molecule has 1 fully saturated rings. The van der Waals surface area contributed by atoms with E-state index < -0.39 is 0 Å². The topological polar surface area (TPSA) is 41.3 Å². The van der Waals surface area contributed by atoms with Gasteiger partial charge in [-0.3, -0.25) is 0 Å². The average Bonchev–Trinajstić information content (AvgIpc) is 2.82. The van der Waals surface area contributed by atoms with E-state index in [1.54, 1.807) is 0 Å². The normalized spacial score (nSPS) is 26.2. The number of likely N-dealkylation sites (tertiary alicyclic amines) is 1. The Balaban J connectivity index is 1.73. The minimum atomic E-state index is 0.302. The molecular weight excluding hydrogens is 226 g/mol. The molecule has 3 heterocycles. The van der Waals surface area contributed by atoms with Crippen LogP contribution in [0.5, 0.6) is 0 Å². The van der Waals surface area contributed by atoms with E-state index in [0.29, 0.717) is 18.4 Å². The van der Waals surface area contributed by atoms with Gasteiger partial charge in [-0.25, -0.2) is 4.98 Å². The largest absolute Gasteiger partial charge is 0.396 e. The lowest BCUT2D eigenvalue weighted by atomic mass is 9.94. The van der Waals surface area contributed by atoms with Gasteiger partial charge in [-0.1, -0.05) is 0 Å². The molecule has 18 heavy (non-hydrogen) atoms. The minimum Gasteiger partial charge on any atom is -0.396 e. The molecule has 4 heteroatoms. The van der Waals surface area contributed by atoms with Gasteiger partial charge in [0.1, 0.15) is 5.82 Å². The molecule has 1 saturated heterocycles. The van der Waals surface area contributed by atoms with Crippen LogP contribution < -0.4 is 0 Å². The van der Waals surface area contributed by atoms with Gasteiger partial charge < -0.3 is 14.6 Å². The fourth-order valence-corrected chi connectivity index (χ4v) is 3.17. The molecule has 1 unspecified atom stereocenters. The van der Waals surface area contributed by atoms with Crippen molar-refractivity contribution in [2.75, 3.05) is 26.7 Å². The number of hydrogen-bond acceptors (Lipinski definition) is 3. The summed E-state index contributed by atoms with van der Waals surface area (Å²) in [5.41, 5.74) is 1.29. The van der Waals surface area contributed by atoms with Crippen molar-refractivity contribution >= 4 is 0 Å². The molecule has 2 aliphatic heterocycles. The zero-order valence-electron chi connectivity index (χ0n) is 11.2. The number of aliphatic hydroxyl groups excluding tert-OH is 1. The molecule has 1 aromatic heterocycles. The monoisotopic (exact) mass is 249 g/mol. The molecule has 0 saturated carbocycles. The van der Waals surface area contributed by atoms with Gasteiger partial charge in [-0.05, 0) is 45.3 Å². The summed E-state index contributed by atoms with van der Waals surface area (Å²) in [6, 6.07) is 0. The summed E-state index contributed by atoms with van der Waals surface area (Å²) in [7, 11) is 2.19. The van der Waals surface area contributed by atoms with Gasteiger partial charge in [-0.15, -0.1) is 0 Å². The second-order valence-electron chi connectivity index (χ2n) is 5.89. The standard InChI is InChI=1S/C14H23N3O/c1-16-5-3-12(4-6-16)13-9-17-7-2-11(10-18)8-14(17)15-13/h9,11-12,18H,2-8,10H2,1H3. The van der Waals surface area contributed by atoms with Crippen molar-refractivity contribution in [3.63, 3.8) is 0 Å². The molecule has 4 nitrogen and oxygen atoms in total. The van der Waals surface area contributed by atoms with Crippen LogP contribution in [0, 0.1) is 5.92 Å². The van der Waals surface area contributed by atoms with Crippen LogP contribution in [0.1, 0.15) is 36.7 Å². The molecule has 100 valence electrons. The quantitative estimate of drug-likeness (QED) is 0.857. The van der Waals surface area contributed by atoms with Gasteiger partial charge >= 0.3 is 0 Å². The van der Waals surface area contributed by atoms with E-state index in [-0.39, 0.29) is 0 Å². The smallest absolute Gasteiger partial charge is 0.109 e. The predicted octanol–water partition coefficient (Wildman–Crippen LogP) is 1.25. The third-order valence-corrected chi connectivity index (χ3v) is 4.52.